The molecule has 0 saturated heterocycles. The molecule has 11 nitrogen and oxygen atoms in total. The minimum Gasteiger partial charge on any atom is -0.347 e. The summed E-state index contributed by atoms with van der Waals surface area (Å²) in [5, 5.41) is 6.06. The van der Waals surface area contributed by atoms with Crippen molar-refractivity contribution in [3.8, 4) is 6.01 Å². The minimum absolute atomic E-state index is 0.0253. The number of carbonyl (C=O) groups excluding carboxylic acids is 1. The molecule has 29 heavy (non-hydrogen) atoms. The third kappa shape index (κ3) is 6.26. The molecule has 2 rings (SSSR count). The first kappa shape index (κ1) is 22.3. The van der Waals surface area contributed by atoms with Crippen LogP contribution in [0.2, 0.25) is 5.02 Å². The zero-order valence-corrected chi connectivity index (χ0v) is 17.7. The van der Waals surface area contributed by atoms with Crippen LogP contribution in [-0.2, 0) is 10.0 Å². The van der Waals surface area contributed by atoms with E-state index < -0.39 is 16.1 Å². The highest BCUT2D eigenvalue weighted by Gasteiger charge is 2.21. The molecule has 156 valence electrons. The number of halogens is 1. The molecule has 0 saturated carbocycles. The van der Waals surface area contributed by atoms with E-state index in [9.17, 15) is 13.2 Å². The van der Waals surface area contributed by atoms with Gasteiger partial charge in [-0.3, -0.25) is 5.32 Å². The Kier molecular flexibility index (Phi) is 7.29. The molecule has 1 heterocycles. The summed E-state index contributed by atoms with van der Waals surface area (Å²) in [6, 6.07) is 4.47. The fourth-order valence-corrected chi connectivity index (χ4v) is 3.22. The lowest BCUT2D eigenvalue weighted by Crippen LogP contribution is -2.35. The van der Waals surface area contributed by atoms with E-state index in [0.717, 1.165) is 0 Å². The largest absolute Gasteiger partial charge is 0.352 e. The number of sulfonamides is 1. The van der Waals surface area contributed by atoms with Crippen LogP contribution in [0.4, 0.5) is 16.7 Å². The van der Waals surface area contributed by atoms with Gasteiger partial charge in [0.05, 0.1) is 10.7 Å². The Labute approximate surface area is 173 Å². The molecule has 1 aromatic carbocycles. The van der Waals surface area contributed by atoms with Gasteiger partial charge in [-0.1, -0.05) is 35.8 Å². The van der Waals surface area contributed by atoms with Crippen LogP contribution in [0.5, 0.6) is 6.01 Å². The Hall–Kier alpha value is -2.99. The average Bonchev–Trinajstić information content (AvgIpc) is 2.65. The van der Waals surface area contributed by atoms with Crippen molar-refractivity contribution < 1.29 is 18.0 Å². The number of nitrogens with zero attached hydrogens (tertiary/aromatic N) is 5. The maximum absolute atomic E-state index is 12.3. The van der Waals surface area contributed by atoms with Gasteiger partial charge in [-0.25, -0.2) is 17.9 Å². The summed E-state index contributed by atoms with van der Waals surface area (Å²) in [4.78, 5) is 30.6. The third-order valence-electron chi connectivity index (χ3n) is 3.38. The van der Waals surface area contributed by atoms with Gasteiger partial charge in [0, 0.05) is 14.1 Å². The molecule has 0 atom stereocenters. The van der Waals surface area contributed by atoms with Gasteiger partial charge in [0.2, 0.25) is 11.9 Å². The summed E-state index contributed by atoms with van der Waals surface area (Å²) in [5.74, 6) is -0.0569. The van der Waals surface area contributed by atoms with E-state index in [4.69, 9.17) is 16.4 Å². The second kappa shape index (κ2) is 9.47. The molecule has 0 aliphatic rings. The quantitative estimate of drug-likeness (QED) is 0.492. The molecule has 2 aromatic rings. The van der Waals surface area contributed by atoms with E-state index in [0.29, 0.717) is 12.1 Å². The van der Waals surface area contributed by atoms with Crippen molar-refractivity contribution in [1.82, 2.24) is 19.7 Å². The van der Waals surface area contributed by atoms with E-state index in [2.05, 4.69) is 25.4 Å². The fraction of sp³-hybridized carbons (Fsp3) is 0.312. The van der Waals surface area contributed by atoms with Crippen LogP contribution in [0.1, 0.15) is 20.3 Å². The number of rotatable bonds is 7. The number of nitrogens with one attached hydrogen (secondary N) is 2. The maximum atomic E-state index is 12.3. The minimum atomic E-state index is -4.20. The molecule has 0 bridgehead atoms. The standard InChI is InChI=1S/C16H20ClN7O4S/c1-5-10(2)22-28-16-20-13(18-14(21-16)24(3)4)19-15(25)23-29(26,27)12-9-7-6-8-11(12)17/h6-9H,5H2,1-4H3,(H2,18,19,20,21,23,25)/b22-10+. The number of benzene rings is 1. The van der Waals surface area contributed by atoms with Crippen molar-refractivity contribution in [1.29, 1.82) is 0 Å². The third-order valence-corrected chi connectivity index (χ3v) is 5.21. The van der Waals surface area contributed by atoms with E-state index in [1.165, 1.54) is 18.2 Å². The van der Waals surface area contributed by atoms with Crippen molar-refractivity contribution >= 4 is 45.3 Å². The van der Waals surface area contributed by atoms with Crippen LogP contribution >= 0.6 is 11.6 Å². The number of urea groups is 1. The first-order valence-electron chi connectivity index (χ1n) is 8.34. The van der Waals surface area contributed by atoms with Gasteiger partial charge in [-0.15, -0.1) is 0 Å². The lowest BCUT2D eigenvalue weighted by molar-refractivity contribution is 0.256. The molecule has 0 spiro atoms. The second-order valence-corrected chi connectivity index (χ2v) is 7.96. The monoisotopic (exact) mass is 441 g/mol. The first-order chi connectivity index (χ1) is 13.6. The Morgan fingerprint density at radius 1 is 1.24 bits per heavy atom. The van der Waals surface area contributed by atoms with Crippen LogP contribution in [0, 0.1) is 0 Å². The molecule has 1 aromatic heterocycles. The topological polar surface area (TPSA) is 139 Å². The molecule has 0 radical (unpaired) electrons. The average molecular weight is 442 g/mol. The lowest BCUT2D eigenvalue weighted by atomic mass is 10.3. The van der Waals surface area contributed by atoms with Crippen LogP contribution in [0.15, 0.2) is 34.3 Å². The Morgan fingerprint density at radius 2 is 1.93 bits per heavy atom. The summed E-state index contributed by atoms with van der Waals surface area (Å²) >= 11 is 5.88. The van der Waals surface area contributed by atoms with Gasteiger partial charge in [0.1, 0.15) is 4.90 Å². The van der Waals surface area contributed by atoms with Gasteiger partial charge < -0.3 is 9.74 Å². The highest BCUT2D eigenvalue weighted by atomic mass is 35.5. The van der Waals surface area contributed by atoms with Crippen LogP contribution < -0.4 is 19.8 Å². The van der Waals surface area contributed by atoms with Crippen molar-refractivity contribution in [2.75, 3.05) is 24.3 Å². The highest BCUT2D eigenvalue weighted by Crippen LogP contribution is 2.20. The van der Waals surface area contributed by atoms with Crippen molar-refractivity contribution in [2.45, 2.75) is 25.2 Å². The summed E-state index contributed by atoms with van der Waals surface area (Å²) in [6.45, 7) is 3.66. The summed E-state index contributed by atoms with van der Waals surface area (Å²) in [7, 11) is -0.856. The van der Waals surface area contributed by atoms with Gasteiger partial charge in [-0.2, -0.15) is 15.0 Å². The molecule has 0 unspecified atom stereocenters. The number of amides is 2. The molecular formula is C16H20ClN7O4S. The van der Waals surface area contributed by atoms with Crippen molar-refractivity contribution in [2.24, 2.45) is 5.16 Å². The van der Waals surface area contributed by atoms with Gasteiger partial charge in [0.15, 0.2) is 0 Å². The zero-order chi connectivity index (χ0) is 21.6. The summed E-state index contributed by atoms with van der Waals surface area (Å²) in [6.07, 6.45) is 0.666. The maximum Gasteiger partial charge on any atom is 0.352 e. The summed E-state index contributed by atoms with van der Waals surface area (Å²) in [5.41, 5.74) is 0.704. The van der Waals surface area contributed by atoms with Crippen molar-refractivity contribution in [3.05, 3.63) is 29.3 Å². The lowest BCUT2D eigenvalue weighted by Gasteiger charge is -2.13. The summed E-state index contributed by atoms with van der Waals surface area (Å²) < 4.78 is 26.5. The predicted octanol–water partition coefficient (Wildman–Crippen LogP) is 2.27. The fourth-order valence-electron chi connectivity index (χ4n) is 1.79. The first-order valence-corrected chi connectivity index (χ1v) is 10.2. The Morgan fingerprint density at radius 3 is 2.55 bits per heavy atom. The molecular weight excluding hydrogens is 422 g/mol. The van der Waals surface area contributed by atoms with Crippen LogP contribution in [0.25, 0.3) is 0 Å². The smallest absolute Gasteiger partial charge is 0.347 e. The van der Waals surface area contributed by atoms with Gasteiger partial charge in [0.25, 0.3) is 10.0 Å². The molecule has 0 aliphatic heterocycles. The molecule has 0 aliphatic carbocycles. The zero-order valence-electron chi connectivity index (χ0n) is 16.2. The predicted molar refractivity (Wildman–Crippen MR) is 109 cm³/mol. The Balaban J connectivity index is 2.22. The number of anilines is 2. The van der Waals surface area contributed by atoms with Crippen LogP contribution in [-0.4, -0.2) is 49.2 Å². The van der Waals surface area contributed by atoms with E-state index in [1.807, 2.05) is 11.6 Å². The molecule has 2 N–H and O–H groups in total. The van der Waals surface area contributed by atoms with E-state index >= 15 is 0 Å². The van der Waals surface area contributed by atoms with E-state index in [1.54, 1.807) is 32.0 Å². The van der Waals surface area contributed by atoms with Crippen LogP contribution in [0.3, 0.4) is 0 Å². The molecule has 0 fully saturated rings. The second-order valence-electron chi connectivity index (χ2n) is 5.90. The van der Waals surface area contributed by atoms with Gasteiger partial charge in [-0.05, 0) is 25.5 Å². The number of aromatic nitrogens is 3. The number of carbonyl (C=O) groups is 1. The number of oxime groups is 1. The SMILES string of the molecule is CC/C(C)=N/Oc1nc(NC(=O)NS(=O)(=O)c2ccccc2Cl)nc(N(C)C)n1. The van der Waals surface area contributed by atoms with Gasteiger partial charge >= 0.3 is 12.0 Å². The van der Waals surface area contributed by atoms with E-state index in [-0.39, 0.29) is 27.8 Å². The molecule has 13 heteroatoms. The Bertz CT molecular complexity index is 1030. The van der Waals surface area contributed by atoms with Crippen molar-refractivity contribution in [3.63, 3.8) is 0 Å². The molecule has 2 amide bonds. The number of hydrogen-bond donors (Lipinski definition) is 2. The number of hydrogen-bond acceptors (Lipinski definition) is 9. The highest BCUT2D eigenvalue weighted by molar-refractivity contribution is 7.90. The normalized spacial score (nSPS) is 11.7.